The number of carboxylic acid groups (broad SMARTS) is 1. The average Bonchev–Trinajstić information content (AvgIpc) is 3.44. The third kappa shape index (κ3) is 5.47. The molecule has 2 amide bonds. The number of carboxylic acids is 1. The van der Waals surface area contributed by atoms with E-state index in [1.807, 2.05) is 30.3 Å². The molecule has 2 aliphatic heterocycles. The number of ether oxygens (including phenoxy) is 1. The molecule has 0 aliphatic carbocycles. The Hall–Kier alpha value is -4.65. The van der Waals surface area contributed by atoms with E-state index in [-0.39, 0.29) is 43.7 Å². The van der Waals surface area contributed by atoms with Gasteiger partial charge in [0, 0.05) is 23.7 Å². The fourth-order valence-electron chi connectivity index (χ4n) is 5.58. The molecule has 0 bridgehead atoms. The molecule has 5 N–H and O–H groups in total. The van der Waals surface area contributed by atoms with Gasteiger partial charge in [-0.15, -0.1) is 12.4 Å². The van der Waals surface area contributed by atoms with Crippen LogP contribution in [-0.4, -0.2) is 50.7 Å². The number of benzene rings is 3. The predicted octanol–water partition coefficient (Wildman–Crippen LogP) is 2.79. The van der Waals surface area contributed by atoms with Crippen LogP contribution in [-0.2, 0) is 32.3 Å². The summed E-state index contributed by atoms with van der Waals surface area (Å²) in [4.78, 5) is 52.1. The summed E-state index contributed by atoms with van der Waals surface area (Å²) in [5, 5.41) is 32.3. The Bertz CT molecular complexity index is 1520. The standard InChI is InChI=1S/C29H27N5O7.ClH/c30-25(31)20-10-8-19(9-11-20)24-22-23(29(32-24,28(37)38)16-41-15-18-4-2-1-3-5-18)27(36)33(26(22)35)14-17-6-12-21(13-7-17)34(39)40;/h1-13,22-24,32H,14-16H2,(H3,30,31)(H,37,38);1H. The summed E-state index contributed by atoms with van der Waals surface area (Å²) in [5.41, 5.74) is 5.82. The smallest absolute Gasteiger partial charge is 0.327 e. The molecule has 3 aromatic carbocycles. The normalized spacial score (nSPS) is 22.9. The van der Waals surface area contributed by atoms with Gasteiger partial charge < -0.3 is 15.6 Å². The van der Waals surface area contributed by atoms with Gasteiger partial charge in [-0.25, -0.2) is 0 Å². The lowest BCUT2D eigenvalue weighted by Crippen LogP contribution is -2.58. The second-order valence-corrected chi connectivity index (χ2v) is 10.1. The number of nitrogens with two attached hydrogens (primary N) is 1. The molecule has 13 heteroatoms. The van der Waals surface area contributed by atoms with Crippen LogP contribution >= 0.6 is 12.4 Å². The molecule has 218 valence electrons. The summed E-state index contributed by atoms with van der Waals surface area (Å²) >= 11 is 0. The third-order valence-electron chi connectivity index (χ3n) is 7.64. The summed E-state index contributed by atoms with van der Waals surface area (Å²) in [6, 6.07) is 20.2. The van der Waals surface area contributed by atoms with Crippen LogP contribution in [0.3, 0.4) is 0 Å². The first-order valence-electron chi connectivity index (χ1n) is 12.8. The maximum absolute atomic E-state index is 13.8. The summed E-state index contributed by atoms with van der Waals surface area (Å²) < 4.78 is 5.85. The van der Waals surface area contributed by atoms with Crippen molar-refractivity contribution in [3.8, 4) is 0 Å². The molecular formula is C29H28ClN5O7. The SMILES string of the molecule is Cl.N=C(N)c1ccc(C2NC(COCc3ccccc3)(C(=O)O)C3C(=O)N(Cc4ccc([N+](=O)[O-])cc4)C(=O)C23)cc1. The number of nitrogens with one attached hydrogen (secondary N) is 2. The largest absolute Gasteiger partial charge is 0.480 e. The van der Waals surface area contributed by atoms with Crippen molar-refractivity contribution in [1.82, 2.24) is 10.2 Å². The van der Waals surface area contributed by atoms with Gasteiger partial charge in [0.05, 0.1) is 36.5 Å². The Kier molecular flexibility index (Phi) is 8.71. The van der Waals surface area contributed by atoms with E-state index < -0.39 is 46.1 Å². The number of carbonyl (C=O) groups excluding carboxylic acids is 2. The first-order chi connectivity index (χ1) is 19.6. The molecule has 0 saturated carbocycles. The van der Waals surface area contributed by atoms with Gasteiger partial charge >= 0.3 is 5.97 Å². The summed E-state index contributed by atoms with van der Waals surface area (Å²) in [6.07, 6.45) is 0. The number of halogens is 1. The fourth-order valence-corrected chi connectivity index (χ4v) is 5.58. The lowest BCUT2D eigenvalue weighted by molar-refractivity contribution is -0.384. The van der Waals surface area contributed by atoms with Gasteiger partial charge in [-0.2, -0.15) is 0 Å². The number of amidine groups is 1. The second-order valence-electron chi connectivity index (χ2n) is 10.1. The number of likely N-dealkylation sites (tertiary alicyclic amines) is 1. The van der Waals surface area contributed by atoms with Crippen molar-refractivity contribution in [3.05, 3.63) is 111 Å². The van der Waals surface area contributed by atoms with Gasteiger partial charge in [0.1, 0.15) is 5.84 Å². The highest BCUT2D eigenvalue weighted by atomic mass is 35.5. The number of fused-ring (bicyclic) bond motifs is 1. The lowest BCUT2D eigenvalue weighted by Gasteiger charge is -2.31. The summed E-state index contributed by atoms with van der Waals surface area (Å²) in [6.45, 7) is -0.453. The van der Waals surface area contributed by atoms with E-state index >= 15 is 0 Å². The summed E-state index contributed by atoms with van der Waals surface area (Å²) in [7, 11) is 0. The molecule has 2 heterocycles. The number of hydrogen-bond donors (Lipinski definition) is 4. The first-order valence-corrected chi connectivity index (χ1v) is 12.8. The van der Waals surface area contributed by atoms with Crippen molar-refractivity contribution in [2.24, 2.45) is 17.6 Å². The molecule has 0 spiro atoms. The van der Waals surface area contributed by atoms with Crippen LogP contribution in [0.1, 0.15) is 28.3 Å². The van der Waals surface area contributed by atoms with Gasteiger partial charge in [0.25, 0.3) is 5.69 Å². The van der Waals surface area contributed by atoms with Crippen molar-refractivity contribution >= 4 is 41.7 Å². The molecule has 4 atom stereocenters. The molecular weight excluding hydrogens is 566 g/mol. The highest BCUT2D eigenvalue weighted by Crippen LogP contribution is 2.49. The zero-order valence-corrected chi connectivity index (χ0v) is 23.0. The fraction of sp³-hybridized carbons (Fsp3) is 0.241. The number of nitrogens with zero attached hydrogens (tertiary/aromatic N) is 2. The van der Waals surface area contributed by atoms with Crippen LogP contribution in [0.4, 0.5) is 5.69 Å². The number of amides is 2. The van der Waals surface area contributed by atoms with Gasteiger partial charge in [0.2, 0.25) is 11.8 Å². The molecule has 12 nitrogen and oxygen atoms in total. The Morgan fingerprint density at radius 1 is 1.02 bits per heavy atom. The Labute approximate surface area is 246 Å². The highest BCUT2D eigenvalue weighted by Gasteiger charge is 2.68. The molecule has 3 aromatic rings. The third-order valence-corrected chi connectivity index (χ3v) is 7.64. The Morgan fingerprint density at radius 3 is 2.24 bits per heavy atom. The molecule has 0 radical (unpaired) electrons. The maximum atomic E-state index is 13.8. The Morgan fingerprint density at radius 2 is 1.67 bits per heavy atom. The molecule has 2 saturated heterocycles. The Balaban J connectivity index is 0.00000405. The van der Waals surface area contributed by atoms with E-state index in [0.717, 1.165) is 10.5 Å². The predicted molar refractivity (Wildman–Crippen MR) is 153 cm³/mol. The molecule has 2 aliphatic rings. The van der Waals surface area contributed by atoms with E-state index in [9.17, 15) is 29.6 Å². The highest BCUT2D eigenvalue weighted by molar-refractivity contribution is 6.09. The van der Waals surface area contributed by atoms with Crippen molar-refractivity contribution in [2.45, 2.75) is 24.7 Å². The number of rotatable bonds is 10. The number of non-ortho nitro benzene ring substituents is 1. The number of aliphatic carboxylic acids is 1. The number of nitrogen functional groups attached to an aromatic ring is 1. The number of nitro groups is 1. The molecule has 5 rings (SSSR count). The van der Waals surface area contributed by atoms with Crippen molar-refractivity contribution in [2.75, 3.05) is 6.61 Å². The zero-order valence-electron chi connectivity index (χ0n) is 22.1. The van der Waals surface area contributed by atoms with E-state index in [4.69, 9.17) is 15.9 Å². The van der Waals surface area contributed by atoms with Crippen LogP contribution in [0.2, 0.25) is 0 Å². The van der Waals surface area contributed by atoms with Crippen LogP contribution in [0, 0.1) is 27.4 Å². The number of nitro benzene ring substituents is 1. The minimum absolute atomic E-state index is 0. The van der Waals surface area contributed by atoms with Crippen LogP contribution in [0.5, 0.6) is 0 Å². The van der Waals surface area contributed by atoms with E-state index in [1.54, 1.807) is 24.3 Å². The molecule has 4 unspecified atom stereocenters. The average molecular weight is 594 g/mol. The molecule has 42 heavy (non-hydrogen) atoms. The maximum Gasteiger partial charge on any atom is 0.327 e. The van der Waals surface area contributed by atoms with Gasteiger partial charge in [-0.3, -0.25) is 40.1 Å². The lowest BCUT2D eigenvalue weighted by atomic mass is 9.79. The topological polar surface area (TPSA) is 189 Å². The first kappa shape index (κ1) is 30.3. The minimum atomic E-state index is -1.92. The quantitative estimate of drug-likeness (QED) is 0.0900. The van der Waals surface area contributed by atoms with E-state index in [1.165, 1.54) is 24.3 Å². The van der Waals surface area contributed by atoms with Crippen molar-refractivity contribution < 1.29 is 29.2 Å². The van der Waals surface area contributed by atoms with Crippen molar-refractivity contribution in [1.29, 1.82) is 5.41 Å². The van der Waals surface area contributed by atoms with Crippen LogP contribution in [0.25, 0.3) is 0 Å². The minimum Gasteiger partial charge on any atom is -0.480 e. The summed E-state index contributed by atoms with van der Waals surface area (Å²) in [5.74, 6) is -5.04. The monoisotopic (exact) mass is 593 g/mol. The number of carbonyl (C=O) groups is 3. The number of imide groups is 1. The van der Waals surface area contributed by atoms with E-state index in [0.29, 0.717) is 16.7 Å². The second kappa shape index (κ2) is 12.1. The number of hydrogen-bond acceptors (Lipinski definition) is 8. The van der Waals surface area contributed by atoms with Crippen LogP contribution in [0.15, 0.2) is 78.9 Å². The molecule has 0 aromatic heterocycles. The van der Waals surface area contributed by atoms with E-state index in [2.05, 4.69) is 5.32 Å². The van der Waals surface area contributed by atoms with Crippen LogP contribution < -0.4 is 11.1 Å². The zero-order chi connectivity index (χ0) is 29.3. The van der Waals surface area contributed by atoms with Crippen molar-refractivity contribution in [3.63, 3.8) is 0 Å². The van der Waals surface area contributed by atoms with Gasteiger partial charge in [0.15, 0.2) is 5.54 Å². The molecule has 2 fully saturated rings. The van der Waals surface area contributed by atoms with Gasteiger partial charge in [-0.05, 0) is 16.7 Å². The van der Waals surface area contributed by atoms with Gasteiger partial charge in [-0.1, -0.05) is 66.7 Å².